The van der Waals surface area contributed by atoms with E-state index in [1.54, 1.807) is 0 Å². The van der Waals surface area contributed by atoms with E-state index in [0.717, 1.165) is 33.9 Å². The number of benzene rings is 3. The fourth-order valence-electron chi connectivity index (χ4n) is 5.09. The van der Waals surface area contributed by atoms with Gasteiger partial charge in [0.15, 0.2) is 0 Å². The van der Waals surface area contributed by atoms with Crippen LogP contribution in [-0.4, -0.2) is 23.5 Å². The van der Waals surface area contributed by atoms with Crippen LogP contribution in [0.15, 0.2) is 71.9 Å². The average molecular weight is 686 g/mol. The van der Waals surface area contributed by atoms with Crippen molar-refractivity contribution < 1.29 is 34.7 Å². The molecule has 0 fully saturated rings. The predicted octanol–water partition coefficient (Wildman–Crippen LogP) is 7.36. The van der Waals surface area contributed by atoms with Crippen LogP contribution in [0.3, 0.4) is 0 Å². The number of anilines is 3. The van der Waals surface area contributed by atoms with Crippen molar-refractivity contribution in [3.63, 3.8) is 0 Å². The van der Waals surface area contributed by atoms with Crippen LogP contribution >= 0.6 is 0 Å². The fraction of sp³-hybridized carbons (Fsp3) is 0.250. The third kappa shape index (κ3) is 4.65. The minimum absolute atomic E-state index is 0. The second kappa shape index (κ2) is 10.0. The Kier molecular flexibility index (Phi) is 5.95. The molecule has 194 valence electrons. The number of aryl methyl sites for hydroxylation is 2. The van der Waals surface area contributed by atoms with Crippen molar-refractivity contribution in [1.29, 1.82) is 0 Å². The van der Waals surface area contributed by atoms with Gasteiger partial charge in [0.25, 0.3) is 0 Å². The molecular weight excluding hydrogens is 653 g/mol. The Morgan fingerprint density at radius 1 is 1.00 bits per heavy atom. The zero-order valence-corrected chi connectivity index (χ0v) is 23.9. The zero-order chi connectivity index (χ0) is 28.2. The van der Waals surface area contributed by atoms with Crippen molar-refractivity contribution in [1.82, 2.24) is 4.98 Å². The normalized spacial score (nSPS) is 18.5. The molecule has 0 saturated carbocycles. The molecule has 2 aliphatic heterocycles. The first-order valence-electron chi connectivity index (χ1n) is 13.8. The topological polar surface area (TPSA) is 47.0 Å². The molecule has 0 aliphatic carbocycles. The number of nitrogens with zero attached hydrogens (tertiary/aromatic N) is 3. The fourth-order valence-corrected chi connectivity index (χ4v) is 5.09. The van der Waals surface area contributed by atoms with Gasteiger partial charge in [0.1, 0.15) is 11.7 Å². The third-order valence-electron chi connectivity index (χ3n) is 6.80. The quantitative estimate of drug-likeness (QED) is 0.211. The molecule has 38 heavy (non-hydrogen) atoms. The Balaban J connectivity index is 0.00000337. The van der Waals surface area contributed by atoms with E-state index in [1.165, 1.54) is 5.56 Å². The van der Waals surface area contributed by atoms with Crippen molar-refractivity contribution in [2.24, 2.45) is 4.99 Å². The molecule has 3 heterocycles. The summed E-state index contributed by atoms with van der Waals surface area (Å²) >= 11 is 0. The molecule has 0 amide bonds. The van der Waals surface area contributed by atoms with Gasteiger partial charge in [0.05, 0.1) is 12.6 Å². The molecule has 5 nitrogen and oxygen atoms in total. The molecule has 6 heteroatoms. The number of hydrogen-bond acceptors (Lipinski definition) is 5. The minimum Gasteiger partial charge on any atom is -0.518 e. The summed E-state index contributed by atoms with van der Waals surface area (Å²) in [6, 6.07) is 26.0. The summed E-state index contributed by atoms with van der Waals surface area (Å²) in [6.45, 7) is 6.20. The maximum atomic E-state index is 7.65. The van der Waals surface area contributed by atoms with Gasteiger partial charge in [-0.2, -0.15) is 5.56 Å². The maximum Gasteiger partial charge on any atom is 2.00 e. The first-order valence-corrected chi connectivity index (χ1v) is 12.3. The Morgan fingerprint density at radius 3 is 2.53 bits per heavy atom. The van der Waals surface area contributed by atoms with Gasteiger partial charge in [0, 0.05) is 38.5 Å². The van der Waals surface area contributed by atoms with Gasteiger partial charge in [-0.1, -0.05) is 75.3 Å². The van der Waals surface area contributed by atoms with Crippen molar-refractivity contribution in [2.45, 2.75) is 46.0 Å². The number of hydrogen-bond donors (Lipinski definition) is 0. The van der Waals surface area contributed by atoms with Gasteiger partial charge >= 0.3 is 21.1 Å². The Morgan fingerprint density at radius 2 is 1.74 bits per heavy atom. The molecule has 4 aromatic rings. The largest absolute Gasteiger partial charge is 2.00 e. The summed E-state index contributed by atoms with van der Waals surface area (Å²) in [4.78, 5) is 11.2. The molecule has 0 bridgehead atoms. The number of ether oxygens (including phenoxy) is 2. The zero-order valence-electron chi connectivity index (χ0n) is 24.6. The molecular formula is C32H29N3O2Pt. The summed E-state index contributed by atoms with van der Waals surface area (Å²) in [5.74, 6) is 2.12. The summed E-state index contributed by atoms with van der Waals surface area (Å²) in [5, 5.41) is 0. The van der Waals surface area contributed by atoms with E-state index in [-0.39, 0.29) is 39.0 Å². The molecule has 6 rings (SSSR count). The molecule has 0 N–H and O–H groups in total. The molecule has 0 unspecified atom stereocenters. The van der Waals surface area contributed by atoms with Gasteiger partial charge < -0.3 is 14.4 Å². The van der Waals surface area contributed by atoms with Gasteiger partial charge in [-0.15, -0.1) is 29.8 Å². The van der Waals surface area contributed by atoms with Crippen molar-refractivity contribution in [3.05, 3.63) is 107 Å². The molecule has 3 aromatic carbocycles. The minimum atomic E-state index is -2.21. The van der Waals surface area contributed by atoms with E-state index in [0.29, 0.717) is 17.1 Å². The van der Waals surface area contributed by atoms with Crippen molar-refractivity contribution in [3.8, 4) is 11.5 Å². The van der Waals surface area contributed by atoms with E-state index < -0.39 is 12.9 Å². The number of rotatable bonds is 4. The second-order valence-electron chi connectivity index (χ2n) is 10.1. The predicted molar refractivity (Wildman–Crippen MR) is 147 cm³/mol. The summed E-state index contributed by atoms with van der Waals surface area (Å²) in [7, 11) is 0. The first-order chi connectivity index (χ1) is 19.0. The standard InChI is InChI=1S/C32H29N3O2.Pt/c1-20-13-23(31-34-22(3)19-36-31)17-25(15-20)37-26-16-21(2)14-24(18-26)35-29-11-7-6-9-27(29)32(4,5)28-10-8-12-33-30(28)35;/h6-16,22H,19H2,1-5H3;/q-2;+2/t22-;/m1./s1/i3D3;. The van der Waals surface area contributed by atoms with Gasteiger partial charge in [-0.3, -0.25) is 4.99 Å². The molecule has 1 aromatic heterocycles. The molecule has 0 radical (unpaired) electrons. The average Bonchev–Trinajstić information content (AvgIpc) is 3.40. The van der Waals surface area contributed by atoms with Crippen molar-refractivity contribution >= 4 is 23.1 Å². The van der Waals surface area contributed by atoms with Crippen LogP contribution in [0.2, 0.25) is 0 Å². The van der Waals surface area contributed by atoms with Gasteiger partial charge in [0.2, 0.25) is 0 Å². The van der Waals surface area contributed by atoms with E-state index >= 15 is 0 Å². The smallest absolute Gasteiger partial charge is 0.518 e. The van der Waals surface area contributed by atoms with Crippen LogP contribution in [0.25, 0.3) is 0 Å². The van der Waals surface area contributed by atoms with Crippen LogP contribution in [0.5, 0.6) is 11.5 Å². The maximum absolute atomic E-state index is 7.65. The number of para-hydroxylation sites is 1. The van der Waals surface area contributed by atoms with E-state index in [9.17, 15) is 0 Å². The molecule has 2 aliphatic rings. The summed E-state index contributed by atoms with van der Waals surface area (Å²) in [6.07, 6.45) is 1.82. The number of fused-ring (bicyclic) bond motifs is 2. The monoisotopic (exact) mass is 685 g/mol. The third-order valence-corrected chi connectivity index (χ3v) is 6.80. The van der Waals surface area contributed by atoms with Crippen LogP contribution < -0.4 is 9.64 Å². The molecule has 0 saturated heterocycles. The summed E-state index contributed by atoms with van der Waals surface area (Å²) in [5.41, 5.74) is 6.46. The van der Waals surface area contributed by atoms with E-state index in [1.807, 2.05) is 50.4 Å². The summed E-state index contributed by atoms with van der Waals surface area (Å²) < 4.78 is 34.9. The van der Waals surface area contributed by atoms with Crippen LogP contribution in [0.4, 0.5) is 17.2 Å². The second-order valence-corrected chi connectivity index (χ2v) is 10.1. The number of aromatic nitrogens is 1. The van der Waals surface area contributed by atoms with Crippen LogP contribution in [0.1, 0.15) is 52.6 Å². The Labute approximate surface area is 243 Å². The molecule has 1 atom stereocenters. The van der Waals surface area contributed by atoms with Crippen LogP contribution in [-0.2, 0) is 31.2 Å². The number of pyridine rings is 1. The Hall–Kier alpha value is -3.43. The SMILES string of the molecule is [2H]C([2H])([2H])[C@@H]1COC(c2[c-]c(Oc3[c-]c(N4c5ccccc5C(C)(C)c5cccnc54)cc(C)c3)cc(C)c2)=N1.[Pt+2]. The van der Waals surface area contributed by atoms with Gasteiger partial charge in [-0.05, 0) is 24.5 Å². The van der Waals surface area contributed by atoms with Gasteiger partial charge in [-0.25, -0.2) is 4.98 Å². The van der Waals surface area contributed by atoms with E-state index in [2.05, 4.69) is 66.2 Å². The Bertz CT molecular complexity index is 1600. The van der Waals surface area contributed by atoms with E-state index in [4.69, 9.17) is 18.6 Å². The van der Waals surface area contributed by atoms with Crippen LogP contribution in [0, 0.1) is 26.0 Å². The first kappa shape index (κ1) is 22.5. The van der Waals surface area contributed by atoms with Crippen molar-refractivity contribution in [2.75, 3.05) is 11.5 Å². The number of aliphatic imine (C=N–C) groups is 1. The molecule has 0 spiro atoms.